The van der Waals surface area contributed by atoms with Gasteiger partial charge in [0.1, 0.15) is 5.75 Å². The Kier molecular flexibility index (Phi) is 4.42. The van der Waals surface area contributed by atoms with Crippen LogP contribution in [0.4, 0.5) is 0 Å². The minimum Gasteiger partial charge on any atom is -0.497 e. The molecule has 0 aliphatic carbocycles. The summed E-state index contributed by atoms with van der Waals surface area (Å²) >= 11 is 0. The van der Waals surface area contributed by atoms with Gasteiger partial charge in [-0.15, -0.1) is 0 Å². The van der Waals surface area contributed by atoms with Crippen molar-refractivity contribution in [2.75, 3.05) is 13.7 Å². The first kappa shape index (κ1) is 14.8. The molecule has 0 aliphatic rings. The van der Waals surface area contributed by atoms with Crippen LogP contribution in [0.3, 0.4) is 0 Å². The number of methoxy groups -OCH3 is 1. The molecule has 0 amide bonds. The van der Waals surface area contributed by atoms with E-state index in [1.54, 1.807) is 14.0 Å². The summed E-state index contributed by atoms with van der Waals surface area (Å²) in [7, 11) is 1.61. The Labute approximate surface area is 122 Å². The van der Waals surface area contributed by atoms with Gasteiger partial charge in [0.2, 0.25) is 0 Å². The molecule has 21 heavy (non-hydrogen) atoms. The van der Waals surface area contributed by atoms with Crippen LogP contribution in [0.2, 0.25) is 0 Å². The fourth-order valence-electron chi connectivity index (χ4n) is 2.03. The van der Waals surface area contributed by atoms with Crippen LogP contribution in [0.25, 0.3) is 10.8 Å². The number of carboxylic acid groups (broad SMARTS) is 1. The highest BCUT2D eigenvalue weighted by molar-refractivity contribution is 5.87. The Balaban J connectivity index is 2.21. The van der Waals surface area contributed by atoms with Crippen molar-refractivity contribution in [2.45, 2.75) is 12.8 Å². The van der Waals surface area contributed by atoms with Gasteiger partial charge in [0.15, 0.2) is 6.61 Å². The van der Waals surface area contributed by atoms with Crippen molar-refractivity contribution in [3.8, 4) is 5.75 Å². The van der Waals surface area contributed by atoms with Crippen LogP contribution in [0.5, 0.6) is 5.75 Å². The highest BCUT2D eigenvalue weighted by atomic mass is 16.5. The van der Waals surface area contributed by atoms with E-state index in [1.807, 2.05) is 36.4 Å². The van der Waals surface area contributed by atoms with E-state index in [2.05, 4.69) is 0 Å². The zero-order valence-electron chi connectivity index (χ0n) is 11.8. The summed E-state index contributed by atoms with van der Waals surface area (Å²) in [6, 6.07) is 11.3. The van der Waals surface area contributed by atoms with Crippen LogP contribution in [-0.2, 0) is 14.3 Å². The molecule has 0 spiro atoms. The van der Waals surface area contributed by atoms with Crippen molar-refractivity contribution in [1.82, 2.24) is 0 Å². The van der Waals surface area contributed by atoms with E-state index < -0.39 is 24.5 Å². The van der Waals surface area contributed by atoms with Gasteiger partial charge in [-0.3, -0.25) is 4.79 Å². The first-order valence-electron chi connectivity index (χ1n) is 6.47. The van der Waals surface area contributed by atoms with Crippen molar-refractivity contribution in [1.29, 1.82) is 0 Å². The summed E-state index contributed by atoms with van der Waals surface area (Å²) in [5.74, 6) is -1.47. The molecule has 0 saturated carbocycles. The lowest BCUT2D eigenvalue weighted by Gasteiger charge is -2.12. The molecule has 0 bridgehead atoms. The second kappa shape index (κ2) is 6.26. The fourth-order valence-corrected chi connectivity index (χ4v) is 2.03. The number of benzene rings is 2. The van der Waals surface area contributed by atoms with E-state index in [9.17, 15) is 9.59 Å². The normalized spacial score (nSPS) is 11.9. The molecule has 1 N–H and O–H groups in total. The lowest BCUT2D eigenvalue weighted by atomic mass is 9.98. The monoisotopic (exact) mass is 288 g/mol. The van der Waals surface area contributed by atoms with Gasteiger partial charge < -0.3 is 14.6 Å². The summed E-state index contributed by atoms with van der Waals surface area (Å²) < 4.78 is 9.87. The predicted octanol–water partition coefficient (Wildman–Crippen LogP) is 2.58. The summed E-state index contributed by atoms with van der Waals surface area (Å²) in [5.41, 5.74) is 0.781. The molecule has 0 heterocycles. The van der Waals surface area contributed by atoms with Crippen LogP contribution < -0.4 is 4.74 Å². The molecule has 0 aromatic heterocycles. The number of carbonyl (C=O) groups is 2. The maximum Gasteiger partial charge on any atom is 0.341 e. The lowest BCUT2D eigenvalue weighted by molar-refractivity contribution is -0.155. The molecule has 0 radical (unpaired) electrons. The Hall–Kier alpha value is -2.56. The first-order valence-corrected chi connectivity index (χ1v) is 6.47. The summed E-state index contributed by atoms with van der Waals surface area (Å²) in [6.07, 6.45) is 0. The average Bonchev–Trinajstić information content (AvgIpc) is 2.50. The molecule has 5 nitrogen and oxygen atoms in total. The van der Waals surface area contributed by atoms with E-state index in [1.165, 1.54) is 0 Å². The molecule has 0 fully saturated rings. The number of rotatable bonds is 5. The molecule has 5 heteroatoms. The number of hydrogen-bond donors (Lipinski definition) is 1. The van der Waals surface area contributed by atoms with Crippen molar-refractivity contribution < 1.29 is 24.2 Å². The van der Waals surface area contributed by atoms with E-state index >= 15 is 0 Å². The van der Waals surface area contributed by atoms with Gasteiger partial charge in [-0.05, 0) is 35.4 Å². The molecule has 0 unspecified atom stereocenters. The SMILES string of the molecule is COc1ccc2cc([C@H](C)C(=O)OCC(=O)O)ccc2c1. The number of carboxylic acids is 1. The first-order chi connectivity index (χ1) is 10.0. The average molecular weight is 288 g/mol. The van der Waals surface area contributed by atoms with Crippen molar-refractivity contribution >= 4 is 22.7 Å². The zero-order valence-corrected chi connectivity index (χ0v) is 11.8. The number of hydrogen-bond acceptors (Lipinski definition) is 4. The molecule has 110 valence electrons. The van der Waals surface area contributed by atoms with Gasteiger partial charge in [0.05, 0.1) is 13.0 Å². The molecule has 1 atom stereocenters. The minimum absolute atomic E-state index is 0.518. The zero-order chi connectivity index (χ0) is 15.4. The smallest absolute Gasteiger partial charge is 0.341 e. The van der Waals surface area contributed by atoms with E-state index in [0.29, 0.717) is 0 Å². The number of carbonyl (C=O) groups excluding carboxylic acids is 1. The van der Waals surface area contributed by atoms with E-state index in [0.717, 1.165) is 22.1 Å². The van der Waals surface area contributed by atoms with Gasteiger partial charge in [0.25, 0.3) is 0 Å². The van der Waals surface area contributed by atoms with Crippen molar-refractivity contribution in [3.05, 3.63) is 42.0 Å². The third kappa shape index (κ3) is 3.51. The Morgan fingerprint density at radius 3 is 2.48 bits per heavy atom. The Morgan fingerprint density at radius 2 is 1.81 bits per heavy atom. The van der Waals surface area contributed by atoms with Gasteiger partial charge >= 0.3 is 11.9 Å². The van der Waals surface area contributed by atoms with Crippen LogP contribution >= 0.6 is 0 Å². The number of ether oxygens (including phenoxy) is 2. The molecule has 0 aliphatic heterocycles. The second-order valence-corrected chi connectivity index (χ2v) is 4.70. The highest BCUT2D eigenvalue weighted by Gasteiger charge is 2.18. The van der Waals surface area contributed by atoms with Crippen LogP contribution in [-0.4, -0.2) is 30.8 Å². The lowest BCUT2D eigenvalue weighted by Crippen LogP contribution is -2.17. The maximum atomic E-state index is 11.8. The van der Waals surface area contributed by atoms with Crippen molar-refractivity contribution in [3.63, 3.8) is 0 Å². The van der Waals surface area contributed by atoms with Crippen molar-refractivity contribution in [2.24, 2.45) is 0 Å². The quantitative estimate of drug-likeness (QED) is 0.856. The molecule has 2 aromatic rings. The topological polar surface area (TPSA) is 72.8 Å². The van der Waals surface area contributed by atoms with E-state index in [4.69, 9.17) is 14.6 Å². The number of fused-ring (bicyclic) bond motifs is 1. The van der Waals surface area contributed by atoms with Crippen LogP contribution in [0, 0.1) is 0 Å². The largest absolute Gasteiger partial charge is 0.497 e. The predicted molar refractivity (Wildman–Crippen MR) is 77.5 cm³/mol. The summed E-state index contributed by atoms with van der Waals surface area (Å²) in [6.45, 7) is 1.07. The maximum absolute atomic E-state index is 11.8. The molecule has 2 aromatic carbocycles. The Bertz CT molecular complexity index is 677. The van der Waals surface area contributed by atoms with Gasteiger partial charge in [-0.1, -0.05) is 24.3 Å². The minimum atomic E-state index is -1.17. The highest BCUT2D eigenvalue weighted by Crippen LogP contribution is 2.25. The van der Waals surface area contributed by atoms with E-state index in [-0.39, 0.29) is 0 Å². The standard InChI is InChI=1S/C16H16O5/c1-10(16(19)21-9-15(17)18)11-3-4-13-8-14(20-2)6-5-12(13)7-11/h3-8,10H,9H2,1-2H3,(H,17,18)/t10-/m0/s1. The third-order valence-electron chi connectivity index (χ3n) is 3.26. The van der Waals surface area contributed by atoms with Crippen LogP contribution in [0.15, 0.2) is 36.4 Å². The molecular formula is C16H16O5. The number of aliphatic carboxylic acids is 1. The fraction of sp³-hybridized carbons (Fsp3) is 0.250. The van der Waals surface area contributed by atoms with Gasteiger partial charge in [-0.2, -0.15) is 0 Å². The second-order valence-electron chi connectivity index (χ2n) is 4.70. The summed E-state index contributed by atoms with van der Waals surface area (Å²) in [5, 5.41) is 10.5. The van der Waals surface area contributed by atoms with Gasteiger partial charge in [0, 0.05) is 0 Å². The molecule has 0 saturated heterocycles. The summed E-state index contributed by atoms with van der Waals surface area (Å²) in [4.78, 5) is 22.2. The number of esters is 1. The molecule has 2 rings (SSSR count). The third-order valence-corrected chi connectivity index (χ3v) is 3.26. The Morgan fingerprint density at radius 1 is 1.14 bits per heavy atom. The molecular weight excluding hydrogens is 272 g/mol. The van der Waals surface area contributed by atoms with Crippen LogP contribution in [0.1, 0.15) is 18.4 Å². The van der Waals surface area contributed by atoms with Gasteiger partial charge in [-0.25, -0.2) is 4.79 Å².